The fraction of sp³-hybridized carbons (Fsp3) is 0.667. The van der Waals surface area contributed by atoms with Gasteiger partial charge in [0.1, 0.15) is 6.33 Å². The van der Waals surface area contributed by atoms with Crippen molar-refractivity contribution in [3.8, 4) is 0 Å². The lowest BCUT2D eigenvalue weighted by molar-refractivity contribution is -0.383. The molecular weight excluding hydrogens is 262 g/mol. The molecule has 0 aromatic carbocycles. The van der Waals surface area contributed by atoms with E-state index in [9.17, 15) is 10.1 Å². The van der Waals surface area contributed by atoms with E-state index >= 15 is 0 Å². The van der Waals surface area contributed by atoms with Gasteiger partial charge in [0.15, 0.2) is 0 Å². The van der Waals surface area contributed by atoms with Gasteiger partial charge in [-0.05, 0) is 19.3 Å². The number of nitrogens with one attached hydrogen (secondary N) is 2. The summed E-state index contributed by atoms with van der Waals surface area (Å²) in [7, 11) is 0. The molecule has 1 aromatic heterocycles. The Bertz CT molecular complexity index is 453. The molecular formula is C12H21N5O3. The predicted molar refractivity (Wildman–Crippen MR) is 76.8 cm³/mol. The van der Waals surface area contributed by atoms with Crippen LogP contribution in [0.1, 0.15) is 27.2 Å². The molecule has 0 fully saturated rings. The second kappa shape index (κ2) is 7.59. The maximum absolute atomic E-state index is 11.2. The molecule has 0 bridgehead atoms. The van der Waals surface area contributed by atoms with Gasteiger partial charge in [-0.25, -0.2) is 9.97 Å². The highest BCUT2D eigenvalue weighted by molar-refractivity contribution is 5.69. The highest BCUT2D eigenvalue weighted by Gasteiger charge is 2.25. The fourth-order valence-electron chi connectivity index (χ4n) is 1.84. The number of rotatable bonds is 8. The molecule has 0 aliphatic heterocycles. The van der Waals surface area contributed by atoms with Crippen molar-refractivity contribution in [1.29, 1.82) is 0 Å². The van der Waals surface area contributed by atoms with Gasteiger partial charge >= 0.3 is 5.69 Å². The zero-order valence-electron chi connectivity index (χ0n) is 12.0. The minimum atomic E-state index is -0.503. The van der Waals surface area contributed by atoms with Crippen molar-refractivity contribution in [2.24, 2.45) is 5.92 Å². The van der Waals surface area contributed by atoms with Crippen LogP contribution >= 0.6 is 0 Å². The van der Waals surface area contributed by atoms with E-state index < -0.39 is 4.92 Å². The number of aromatic nitrogens is 2. The molecule has 0 radical (unpaired) electrons. The molecule has 0 aliphatic rings. The van der Waals surface area contributed by atoms with E-state index in [1.807, 2.05) is 20.8 Å². The summed E-state index contributed by atoms with van der Waals surface area (Å²) < 4.78 is 0. The Hall–Kier alpha value is -1.96. The van der Waals surface area contributed by atoms with Crippen LogP contribution in [0.2, 0.25) is 0 Å². The second-order valence-electron chi connectivity index (χ2n) is 4.71. The summed E-state index contributed by atoms with van der Waals surface area (Å²) in [5, 5.41) is 26.2. The molecule has 112 valence electrons. The van der Waals surface area contributed by atoms with Gasteiger partial charge in [-0.15, -0.1) is 0 Å². The van der Waals surface area contributed by atoms with E-state index in [1.165, 1.54) is 6.33 Å². The lowest BCUT2D eigenvalue weighted by atomic mass is 10.0. The lowest BCUT2D eigenvalue weighted by Crippen LogP contribution is -2.28. The zero-order valence-corrected chi connectivity index (χ0v) is 12.0. The third kappa shape index (κ3) is 4.02. The number of nitro groups is 1. The third-order valence-corrected chi connectivity index (χ3v) is 2.92. The van der Waals surface area contributed by atoms with Gasteiger partial charge in [0.05, 0.1) is 4.92 Å². The molecule has 20 heavy (non-hydrogen) atoms. The molecule has 1 heterocycles. The molecule has 8 heteroatoms. The maximum atomic E-state index is 11.2. The van der Waals surface area contributed by atoms with Crippen LogP contribution < -0.4 is 10.6 Å². The highest BCUT2D eigenvalue weighted by atomic mass is 16.6. The van der Waals surface area contributed by atoms with Gasteiger partial charge in [-0.2, -0.15) is 0 Å². The Morgan fingerprint density at radius 3 is 2.55 bits per heavy atom. The van der Waals surface area contributed by atoms with Gasteiger partial charge in [0.25, 0.3) is 0 Å². The second-order valence-corrected chi connectivity index (χ2v) is 4.71. The van der Waals surface area contributed by atoms with Crippen molar-refractivity contribution >= 4 is 17.3 Å². The van der Waals surface area contributed by atoms with Crippen LogP contribution in [0.3, 0.4) is 0 Å². The van der Waals surface area contributed by atoms with Crippen LogP contribution in [0.15, 0.2) is 6.33 Å². The summed E-state index contributed by atoms with van der Waals surface area (Å²) in [5.41, 5.74) is -0.169. The number of hydrogen-bond donors (Lipinski definition) is 3. The van der Waals surface area contributed by atoms with Gasteiger partial charge in [0.2, 0.25) is 11.6 Å². The molecule has 0 saturated heterocycles. The van der Waals surface area contributed by atoms with E-state index in [-0.39, 0.29) is 35.9 Å². The van der Waals surface area contributed by atoms with Crippen molar-refractivity contribution < 1.29 is 10.0 Å². The highest BCUT2D eigenvalue weighted by Crippen LogP contribution is 2.30. The Labute approximate surface area is 117 Å². The minimum Gasteiger partial charge on any atom is -0.396 e. The molecule has 0 spiro atoms. The summed E-state index contributed by atoms with van der Waals surface area (Å²) in [5.74, 6) is 0.578. The van der Waals surface area contributed by atoms with E-state index in [1.54, 1.807) is 0 Å². The summed E-state index contributed by atoms with van der Waals surface area (Å²) in [6.45, 7) is 6.33. The average molecular weight is 283 g/mol. The SMILES string of the molecule is CCNc1ncnc(NC(CCO)C(C)C)c1[N+](=O)[O-]. The Balaban J connectivity index is 3.09. The number of hydrogen-bond acceptors (Lipinski definition) is 7. The predicted octanol–water partition coefficient (Wildman–Crippen LogP) is 1.64. The Kier molecular flexibility index (Phi) is 6.10. The van der Waals surface area contributed by atoms with Gasteiger partial charge in [-0.3, -0.25) is 10.1 Å². The van der Waals surface area contributed by atoms with E-state index in [0.717, 1.165) is 0 Å². The number of nitrogens with zero attached hydrogens (tertiary/aromatic N) is 3. The standard InChI is InChI=1S/C12H21N5O3/c1-4-13-11-10(17(19)20)12(15-7-14-11)16-9(5-6-18)8(2)3/h7-9,18H,4-6H2,1-3H3,(H2,13,14,15,16). The van der Waals surface area contributed by atoms with Gasteiger partial charge in [-0.1, -0.05) is 13.8 Å². The zero-order chi connectivity index (χ0) is 15.1. The van der Waals surface area contributed by atoms with E-state index in [0.29, 0.717) is 13.0 Å². The summed E-state index contributed by atoms with van der Waals surface area (Å²) in [6, 6.07) is -0.0944. The third-order valence-electron chi connectivity index (χ3n) is 2.92. The normalized spacial score (nSPS) is 12.2. The number of anilines is 2. The summed E-state index contributed by atoms with van der Waals surface area (Å²) in [4.78, 5) is 18.6. The quantitative estimate of drug-likeness (QED) is 0.491. The fourth-order valence-corrected chi connectivity index (χ4v) is 1.84. The van der Waals surface area contributed by atoms with Crippen LogP contribution in [0.5, 0.6) is 0 Å². The van der Waals surface area contributed by atoms with Gasteiger partial charge in [0, 0.05) is 19.2 Å². The summed E-state index contributed by atoms with van der Waals surface area (Å²) in [6.07, 6.45) is 1.78. The first-order valence-electron chi connectivity index (χ1n) is 6.61. The monoisotopic (exact) mass is 283 g/mol. The van der Waals surface area contributed by atoms with E-state index in [2.05, 4.69) is 20.6 Å². The molecule has 1 rings (SSSR count). The molecule has 0 saturated carbocycles. The van der Waals surface area contributed by atoms with Gasteiger partial charge < -0.3 is 15.7 Å². The van der Waals surface area contributed by atoms with Crippen LogP contribution in [0, 0.1) is 16.0 Å². The molecule has 1 atom stereocenters. The molecule has 1 unspecified atom stereocenters. The minimum absolute atomic E-state index is 0.00873. The van der Waals surface area contributed by atoms with Crippen LogP contribution in [-0.2, 0) is 0 Å². The molecule has 0 amide bonds. The van der Waals surface area contributed by atoms with Crippen LogP contribution in [0.4, 0.5) is 17.3 Å². The van der Waals surface area contributed by atoms with Crippen molar-refractivity contribution in [3.63, 3.8) is 0 Å². The number of aliphatic hydroxyl groups is 1. The van der Waals surface area contributed by atoms with Crippen LogP contribution in [-0.4, -0.2) is 39.2 Å². The topological polar surface area (TPSA) is 113 Å². The maximum Gasteiger partial charge on any atom is 0.353 e. The summed E-state index contributed by atoms with van der Waals surface area (Å²) >= 11 is 0. The average Bonchev–Trinajstić information content (AvgIpc) is 2.38. The molecule has 3 N–H and O–H groups in total. The van der Waals surface area contributed by atoms with Crippen molar-refractivity contribution in [1.82, 2.24) is 9.97 Å². The lowest BCUT2D eigenvalue weighted by Gasteiger charge is -2.22. The first-order valence-corrected chi connectivity index (χ1v) is 6.61. The van der Waals surface area contributed by atoms with Crippen molar-refractivity contribution in [2.45, 2.75) is 33.2 Å². The molecule has 8 nitrogen and oxygen atoms in total. The Morgan fingerprint density at radius 1 is 1.40 bits per heavy atom. The largest absolute Gasteiger partial charge is 0.396 e. The Morgan fingerprint density at radius 2 is 2.05 bits per heavy atom. The van der Waals surface area contributed by atoms with E-state index in [4.69, 9.17) is 5.11 Å². The first-order chi connectivity index (χ1) is 9.51. The molecule has 1 aromatic rings. The van der Waals surface area contributed by atoms with Crippen LogP contribution in [0.25, 0.3) is 0 Å². The van der Waals surface area contributed by atoms with Crippen molar-refractivity contribution in [2.75, 3.05) is 23.8 Å². The molecule has 0 aliphatic carbocycles. The first kappa shape index (κ1) is 16.1. The number of aliphatic hydroxyl groups excluding tert-OH is 1. The smallest absolute Gasteiger partial charge is 0.353 e. The van der Waals surface area contributed by atoms with Crippen molar-refractivity contribution in [3.05, 3.63) is 16.4 Å².